The molecule has 0 radical (unpaired) electrons. The maximum absolute atomic E-state index is 11.1. The number of carbonyl (C=O) groups is 1. The van der Waals surface area contributed by atoms with Crippen LogP contribution in [0.5, 0.6) is 0 Å². The van der Waals surface area contributed by atoms with Gasteiger partial charge in [0, 0.05) is 7.05 Å². The fourth-order valence-electron chi connectivity index (χ4n) is 2.61. The Morgan fingerprint density at radius 3 is 2.96 bits per heavy atom. The minimum Gasteiger partial charge on any atom is -0.493 e. The van der Waals surface area contributed by atoms with Crippen molar-refractivity contribution in [3.8, 4) is 0 Å². The Bertz CT molecular complexity index is 784. The number of aromatic nitrogens is 2. The van der Waals surface area contributed by atoms with E-state index >= 15 is 0 Å². The summed E-state index contributed by atoms with van der Waals surface area (Å²) in [5, 5.41) is 28.3. The second-order valence-electron chi connectivity index (χ2n) is 5.55. The molecule has 0 saturated heterocycles. The van der Waals surface area contributed by atoms with Crippen LogP contribution in [0.1, 0.15) is 16.2 Å². The van der Waals surface area contributed by atoms with Gasteiger partial charge >= 0.3 is 5.97 Å². The van der Waals surface area contributed by atoms with Gasteiger partial charge in [-0.1, -0.05) is 0 Å². The number of nitrogens with zero attached hydrogens (tertiary/aromatic N) is 2. The third-order valence-electron chi connectivity index (χ3n) is 4.04. The van der Waals surface area contributed by atoms with Crippen molar-refractivity contribution in [3.63, 3.8) is 0 Å². The molecule has 2 aromatic rings. The van der Waals surface area contributed by atoms with Gasteiger partial charge in [0.1, 0.15) is 30.7 Å². The number of rotatable bonds is 5. The monoisotopic (exact) mass is 334 g/mol. The lowest BCUT2D eigenvalue weighted by atomic mass is 10.1. The summed E-state index contributed by atoms with van der Waals surface area (Å²) < 4.78 is 12.5. The van der Waals surface area contributed by atoms with Crippen molar-refractivity contribution in [2.24, 2.45) is 7.05 Å². The number of carboxylic acid groups (broad SMARTS) is 1. The summed E-state index contributed by atoms with van der Waals surface area (Å²) in [5.41, 5.74) is 1.54. The van der Waals surface area contributed by atoms with Crippen LogP contribution in [0.15, 0.2) is 30.5 Å². The quantitative estimate of drug-likeness (QED) is 0.726. The fraction of sp³-hybridized carbons (Fsp3) is 0.375. The molecule has 0 unspecified atom stereocenters. The largest absolute Gasteiger partial charge is 0.493 e. The minimum absolute atomic E-state index is 0.123. The predicted molar refractivity (Wildman–Crippen MR) is 83.4 cm³/mol. The van der Waals surface area contributed by atoms with E-state index in [2.05, 4.69) is 4.98 Å². The zero-order valence-electron chi connectivity index (χ0n) is 13.0. The standard InChI is InChI=1S/C16H18N2O6/c1-18-11-6-9(16(21)22)2-3-10(11)17-14(18)8-24-12-4-5-23-13(7-19)15(12)20/h2-6,12-13,15,19-20H,7-8H2,1H3,(H,21,22)/t12-,13-,15-/m1/s1. The van der Waals surface area contributed by atoms with Crippen molar-refractivity contribution in [2.75, 3.05) is 6.61 Å². The summed E-state index contributed by atoms with van der Waals surface area (Å²) in [4.78, 5) is 15.5. The van der Waals surface area contributed by atoms with Gasteiger partial charge in [-0.3, -0.25) is 0 Å². The molecule has 8 heteroatoms. The van der Waals surface area contributed by atoms with Crippen LogP contribution in [0.4, 0.5) is 0 Å². The Labute approximate surface area is 137 Å². The van der Waals surface area contributed by atoms with Crippen molar-refractivity contribution < 1.29 is 29.6 Å². The van der Waals surface area contributed by atoms with Crippen molar-refractivity contribution in [1.29, 1.82) is 0 Å². The lowest BCUT2D eigenvalue weighted by Crippen LogP contribution is -2.43. The van der Waals surface area contributed by atoms with E-state index < -0.39 is 24.3 Å². The number of benzene rings is 1. The summed E-state index contributed by atoms with van der Waals surface area (Å²) in [6.45, 7) is -0.187. The molecule has 8 nitrogen and oxygen atoms in total. The summed E-state index contributed by atoms with van der Waals surface area (Å²) in [6.07, 6.45) is 0.645. The molecule has 0 saturated carbocycles. The second kappa shape index (κ2) is 6.60. The number of aliphatic hydroxyl groups excluding tert-OH is 2. The Hall–Kier alpha value is -2.42. The third kappa shape index (κ3) is 2.99. The van der Waals surface area contributed by atoms with E-state index in [9.17, 15) is 9.90 Å². The summed E-state index contributed by atoms with van der Waals surface area (Å²) in [7, 11) is 1.77. The van der Waals surface area contributed by atoms with Gasteiger partial charge < -0.3 is 29.4 Å². The van der Waals surface area contributed by atoms with Crippen LogP contribution in [0.3, 0.4) is 0 Å². The van der Waals surface area contributed by atoms with Crippen LogP contribution < -0.4 is 0 Å². The van der Waals surface area contributed by atoms with Crippen LogP contribution in [-0.2, 0) is 23.1 Å². The number of aryl methyl sites for hydroxylation is 1. The molecule has 1 aliphatic rings. The second-order valence-corrected chi connectivity index (χ2v) is 5.55. The number of imidazole rings is 1. The highest BCUT2D eigenvalue weighted by Crippen LogP contribution is 2.20. The van der Waals surface area contributed by atoms with Gasteiger partial charge in [-0.05, 0) is 24.3 Å². The van der Waals surface area contributed by atoms with E-state index in [-0.39, 0.29) is 18.8 Å². The molecule has 3 atom stereocenters. The summed E-state index contributed by atoms with van der Waals surface area (Å²) in [5.74, 6) is -0.401. The lowest BCUT2D eigenvalue weighted by Gasteiger charge is -2.29. The molecule has 24 heavy (non-hydrogen) atoms. The maximum atomic E-state index is 11.1. The number of aromatic carboxylic acids is 1. The average molecular weight is 334 g/mol. The molecule has 0 amide bonds. The van der Waals surface area contributed by atoms with E-state index in [0.717, 1.165) is 0 Å². The fourth-order valence-corrected chi connectivity index (χ4v) is 2.61. The van der Waals surface area contributed by atoms with E-state index in [1.807, 2.05) is 0 Å². The number of hydrogen-bond acceptors (Lipinski definition) is 6. The number of hydrogen-bond donors (Lipinski definition) is 3. The Balaban J connectivity index is 1.78. The molecule has 128 valence electrons. The van der Waals surface area contributed by atoms with Crippen LogP contribution in [0.25, 0.3) is 11.0 Å². The Morgan fingerprint density at radius 1 is 1.46 bits per heavy atom. The number of fused-ring (bicyclic) bond motifs is 1. The van der Waals surface area contributed by atoms with Gasteiger partial charge in [0.25, 0.3) is 0 Å². The van der Waals surface area contributed by atoms with E-state index in [4.69, 9.17) is 19.7 Å². The van der Waals surface area contributed by atoms with Gasteiger partial charge in [-0.2, -0.15) is 0 Å². The van der Waals surface area contributed by atoms with Crippen molar-refractivity contribution >= 4 is 17.0 Å². The van der Waals surface area contributed by atoms with Crippen LogP contribution in [-0.4, -0.2) is 55.8 Å². The number of ether oxygens (including phenoxy) is 2. The Morgan fingerprint density at radius 2 is 2.25 bits per heavy atom. The van der Waals surface area contributed by atoms with Gasteiger partial charge in [0.2, 0.25) is 0 Å². The van der Waals surface area contributed by atoms with E-state index in [0.29, 0.717) is 16.9 Å². The highest BCUT2D eigenvalue weighted by Gasteiger charge is 2.30. The van der Waals surface area contributed by atoms with Gasteiger partial charge in [-0.15, -0.1) is 0 Å². The number of aliphatic hydroxyl groups is 2. The number of carboxylic acids is 1. The van der Waals surface area contributed by atoms with Crippen molar-refractivity contribution in [2.45, 2.75) is 24.9 Å². The first-order valence-corrected chi connectivity index (χ1v) is 7.42. The summed E-state index contributed by atoms with van der Waals surface area (Å²) in [6, 6.07) is 4.70. The highest BCUT2D eigenvalue weighted by atomic mass is 16.5. The normalized spacial score (nSPS) is 23.4. The maximum Gasteiger partial charge on any atom is 0.335 e. The molecule has 1 aliphatic heterocycles. The molecule has 0 bridgehead atoms. The Kier molecular flexibility index (Phi) is 4.52. The van der Waals surface area contributed by atoms with Crippen molar-refractivity contribution in [1.82, 2.24) is 9.55 Å². The molecule has 3 N–H and O–H groups in total. The SMILES string of the molecule is Cn1c(CO[C@@H]2C=CO[C@H](CO)[C@@H]2O)nc2ccc(C(=O)O)cc21. The van der Waals surface area contributed by atoms with Gasteiger partial charge in [0.05, 0.1) is 29.5 Å². The van der Waals surface area contributed by atoms with Crippen LogP contribution in [0.2, 0.25) is 0 Å². The van der Waals surface area contributed by atoms with E-state index in [1.54, 1.807) is 29.8 Å². The molecule has 2 heterocycles. The summed E-state index contributed by atoms with van der Waals surface area (Å²) >= 11 is 0. The molecule has 1 aromatic heterocycles. The predicted octanol–water partition coefficient (Wildman–Crippen LogP) is 0.422. The first-order chi connectivity index (χ1) is 11.5. The third-order valence-corrected chi connectivity index (χ3v) is 4.04. The zero-order chi connectivity index (χ0) is 17.3. The first-order valence-electron chi connectivity index (χ1n) is 7.42. The lowest BCUT2D eigenvalue weighted by molar-refractivity contribution is -0.107. The zero-order valence-corrected chi connectivity index (χ0v) is 13.0. The van der Waals surface area contributed by atoms with Crippen LogP contribution >= 0.6 is 0 Å². The first kappa shape index (κ1) is 16.4. The smallest absolute Gasteiger partial charge is 0.335 e. The van der Waals surface area contributed by atoms with Gasteiger partial charge in [-0.25, -0.2) is 9.78 Å². The van der Waals surface area contributed by atoms with Crippen molar-refractivity contribution in [3.05, 3.63) is 41.9 Å². The minimum atomic E-state index is -0.999. The highest BCUT2D eigenvalue weighted by molar-refractivity contribution is 5.92. The average Bonchev–Trinajstić information content (AvgIpc) is 2.89. The molecule has 0 fully saturated rings. The molecular formula is C16H18N2O6. The molecule has 3 rings (SSSR count). The molecule has 1 aromatic carbocycles. The van der Waals surface area contributed by atoms with E-state index in [1.165, 1.54) is 12.3 Å². The topological polar surface area (TPSA) is 114 Å². The van der Waals surface area contributed by atoms with Crippen LogP contribution in [0, 0.1) is 0 Å². The molecule has 0 spiro atoms. The molecule has 0 aliphatic carbocycles. The van der Waals surface area contributed by atoms with Gasteiger partial charge in [0.15, 0.2) is 0 Å². The molecular weight excluding hydrogens is 316 g/mol.